The molecule has 3 aromatic carbocycles. The van der Waals surface area contributed by atoms with Gasteiger partial charge in [-0.1, -0.05) is 23.7 Å². The van der Waals surface area contributed by atoms with Gasteiger partial charge in [-0.15, -0.1) is 0 Å². The van der Waals surface area contributed by atoms with E-state index in [1.54, 1.807) is 12.1 Å². The van der Waals surface area contributed by atoms with E-state index >= 15 is 0 Å². The van der Waals surface area contributed by atoms with Crippen molar-refractivity contribution in [3.63, 3.8) is 0 Å². The van der Waals surface area contributed by atoms with Gasteiger partial charge >= 0.3 is 0 Å². The molecule has 0 N–H and O–H groups in total. The largest absolute Gasteiger partial charge is 0.341 e. The molecule has 152 valence electrons. The van der Waals surface area contributed by atoms with E-state index in [-0.39, 0.29) is 16.8 Å². The Morgan fingerprint density at radius 2 is 1.50 bits per heavy atom. The molecule has 1 aromatic heterocycles. The van der Waals surface area contributed by atoms with E-state index in [1.165, 1.54) is 59.3 Å². The van der Waals surface area contributed by atoms with Gasteiger partial charge in [0.2, 0.25) is 15.3 Å². The lowest BCUT2D eigenvalue weighted by Crippen LogP contribution is -2.20. The molecular weight excluding hydrogens is 432 g/mol. The zero-order chi connectivity index (χ0) is 21.5. The number of aromatic nitrogens is 1. The highest BCUT2D eigenvalue weighted by atomic mass is 35.5. The van der Waals surface area contributed by atoms with Crippen molar-refractivity contribution >= 4 is 32.3 Å². The molecule has 4 rings (SSSR count). The Labute approximate surface area is 175 Å². The second-order valence-electron chi connectivity index (χ2n) is 6.70. The van der Waals surface area contributed by atoms with Gasteiger partial charge < -0.3 is 4.57 Å². The summed E-state index contributed by atoms with van der Waals surface area (Å²) >= 11 is 5.83. The number of nitrogens with zero attached hydrogens (tertiary/aromatic N) is 1. The average molecular weight is 446 g/mol. The predicted molar refractivity (Wildman–Crippen MR) is 111 cm³/mol. The smallest absolute Gasteiger partial charge is 0.211 e. The fraction of sp³-hybridized carbons (Fsp3) is 0.0455. The number of sulfone groups is 1. The number of rotatable bonds is 4. The van der Waals surface area contributed by atoms with Crippen LogP contribution < -0.4 is 5.43 Å². The van der Waals surface area contributed by atoms with Gasteiger partial charge in [-0.3, -0.25) is 4.79 Å². The van der Waals surface area contributed by atoms with Crippen LogP contribution in [0, 0.1) is 11.6 Å². The molecule has 0 radical (unpaired) electrons. The minimum atomic E-state index is -4.19. The minimum Gasteiger partial charge on any atom is -0.341 e. The third-order valence-electron chi connectivity index (χ3n) is 4.69. The Morgan fingerprint density at radius 3 is 2.17 bits per heavy atom. The van der Waals surface area contributed by atoms with Crippen molar-refractivity contribution in [2.24, 2.45) is 0 Å². The molecule has 30 heavy (non-hydrogen) atoms. The normalized spacial score (nSPS) is 11.7. The summed E-state index contributed by atoms with van der Waals surface area (Å²) in [7, 11) is -4.19. The van der Waals surface area contributed by atoms with Gasteiger partial charge in [0.1, 0.15) is 16.5 Å². The van der Waals surface area contributed by atoms with Crippen LogP contribution in [0.5, 0.6) is 0 Å². The SMILES string of the molecule is O=c1c(S(=O)(=O)c2ccc(Cl)cc2)cn(Cc2ccc(F)cc2)c2ccc(F)cc12. The Balaban J connectivity index is 1.96. The summed E-state index contributed by atoms with van der Waals surface area (Å²) < 4.78 is 54.9. The maximum atomic E-state index is 13.9. The van der Waals surface area contributed by atoms with E-state index in [0.717, 1.165) is 6.07 Å². The fourth-order valence-corrected chi connectivity index (χ4v) is 4.69. The number of pyridine rings is 1. The highest BCUT2D eigenvalue weighted by Gasteiger charge is 2.24. The van der Waals surface area contributed by atoms with Gasteiger partial charge in [0, 0.05) is 23.2 Å². The molecule has 0 aliphatic carbocycles. The molecule has 8 heteroatoms. The van der Waals surface area contributed by atoms with Crippen molar-refractivity contribution in [1.29, 1.82) is 0 Å². The van der Waals surface area contributed by atoms with Gasteiger partial charge in [0.15, 0.2) is 0 Å². The van der Waals surface area contributed by atoms with Crippen molar-refractivity contribution in [1.82, 2.24) is 4.57 Å². The Bertz CT molecular complexity index is 1410. The van der Waals surface area contributed by atoms with Gasteiger partial charge in [0.25, 0.3) is 0 Å². The standard InChI is InChI=1S/C22H14ClF2NO3S/c23-15-3-8-18(9-4-15)30(28,29)21-13-26(12-14-1-5-16(24)6-2-14)20-10-7-17(25)11-19(20)22(21)27/h1-11,13H,12H2. The van der Waals surface area contributed by atoms with Crippen LogP contribution in [0.15, 0.2) is 87.5 Å². The lowest BCUT2D eigenvalue weighted by atomic mass is 10.1. The first-order chi connectivity index (χ1) is 14.3. The predicted octanol–water partition coefficient (Wildman–Crippen LogP) is 4.81. The number of hydrogen-bond acceptors (Lipinski definition) is 3. The summed E-state index contributed by atoms with van der Waals surface area (Å²) in [4.78, 5) is 12.4. The van der Waals surface area contributed by atoms with Crippen LogP contribution in [0.4, 0.5) is 8.78 Å². The maximum Gasteiger partial charge on any atom is 0.211 e. The van der Waals surface area contributed by atoms with Crippen LogP contribution in [0.2, 0.25) is 5.02 Å². The highest BCUT2D eigenvalue weighted by molar-refractivity contribution is 7.91. The molecule has 0 saturated heterocycles. The molecule has 0 atom stereocenters. The number of benzene rings is 3. The first-order valence-electron chi connectivity index (χ1n) is 8.83. The summed E-state index contributed by atoms with van der Waals surface area (Å²) in [6.07, 6.45) is 1.23. The first kappa shape index (κ1) is 20.3. The molecule has 1 heterocycles. The number of fused-ring (bicyclic) bond motifs is 1. The van der Waals surface area contributed by atoms with Crippen molar-refractivity contribution in [2.45, 2.75) is 16.3 Å². The number of halogens is 3. The van der Waals surface area contributed by atoms with Crippen molar-refractivity contribution in [2.75, 3.05) is 0 Å². The van der Waals surface area contributed by atoms with E-state index in [1.807, 2.05) is 0 Å². The van der Waals surface area contributed by atoms with Crippen molar-refractivity contribution < 1.29 is 17.2 Å². The van der Waals surface area contributed by atoms with Crippen molar-refractivity contribution in [3.05, 3.63) is 105 Å². The third kappa shape index (κ3) is 3.74. The quantitative estimate of drug-likeness (QED) is 0.453. The van der Waals surface area contributed by atoms with E-state index in [9.17, 15) is 22.0 Å². The lowest BCUT2D eigenvalue weighted by Gasteiger charge is -2.14. The van der Waals surface area contributed by atoms with Crippen LogP contribution >= 0.6 is 11.6 Å². The second-order valence-corrected chi connectivity index (χ2v) is 9.05. The topological polar surface area (TPSA) is 56.1 Å². The molecule has 4 nitrogen and oxygen atoms in total. The molecule has 0 aliphatic heterocycles. The van der Waals surface area contributed by atoms with Gasteiger partial charge in [0.05, 0.1) is 10.4 Å². The van der Waals surface area contributed by atoms with E-state index in [2.05, 4.69) is 0 Å². The lowest BCUT2D eigenvalue weighted by molar-refractivity contribution is 0.593. The zero-order valence-electron chi connectivity index (χ0n) is 15.3. The molecule has 0 unspecified atom stereocenters. The summed E-state index contributed by atoms with van der Waals surface area (Å²) in [5, 5.41) is 0.287. The van der Waals surface area contributed by atoms with E-state index < -0.39 is 31.8 Å². The van der Waals surface area contributed by atoms with Crippen LogP contribution in [0.25, 0.3) is 10.9 Å². The summed E-state index contributed by atoms with van der Waals surface area (Å²) in [5.41, 5.74) is 0.246. The Morgan fingerprint density at radius 1 is 0.867 bits per heavy atom. The average Bonchev–Trinajstić information content (AvgIpc) is 2.72. The van der Waals surface area contributed by atoms with Crippen molar-refractivity contribution in [3.8, 4) is 0 Å². The molecule has 4 aromatic rings. The van der Waals surface area contributed by atoms with Gasteiger partial charge in [-0.05, 0) is 60.2 Å². The van der Waals surface area contributed by atoms with E-state index in [0.29, 0.717) is 16.1 Å². The molecule has 0 spiro atoms. The Kier molecular flexibility index (Phi) is 5.17. The molecule has 0 aliphatic rings. The van der Waals surface area contributed by atoms with Crippen LogP contribution in [0.1, 0.15) is 5.56 Å². The van der Waals surface area contributed by atoms with E-state index in [4.69, 9.17) is 11.6 Å². The molecule has 0 saturated carbocycles. The summed E-state index contributed by atoms with van der Waals surface area (Å²) in [6.45, 7) is 0.159. The van der Waals surface area contributed by atoms with Crippen LogP contribution in [-0.4, -0.2) is 13.0 Å². The maximum absolute atomic E-state index is 13.9. The summed E-state index contributed by atoms with van der Waals surface area (Å²) in [5.74, 6) is -1.06. The molecular formula is C22H14ClF2NO3S. The van der Waals surface area contributed by atoms with Gasteiger partial charge in [-0.2, -0.15) is 0 Å². The second kappa shape index (κ2) is 7.66. The van der Waals surface area contributed by atoms with Crippen LogP contribution in [0.3, 0.4) is 0 Å². The first-order valence-corrected chi connectivity index (χ1v) is 10.7. The van der Waals surface area contributed by atoms with Gasteiger partial charge in [-0.25, -0.2) is 17.2 Å². The number of hydrogen-bond donors (Lipinski definition) is 0. The van der Waals surface area contributed by atoms with Crippen LogP contribution in [-0.2, 0) is 16.4 Å². The molecule has 0 bridgehead atoms. The molecule has 0 fully saturated rings. The fourth-order valence-electron chi connectivity index (χ4n) is 3.19. The summed E-state index contributed by atoms with van der Waals surface area (Å²) in [6, 6.07) is 14.7. The Hall–Kier alpha value is -3.03. The zero-order valence-corrected chi connectivity index (χ0v) is 16.9. The molecule has 0 amide bonds. The monoisotopic (exact) mass is 445 g/mol. The third-order valence-corrected chi connectivity index (χ3v) is 6.70. The minimum absolute atomic E-state index is 0.0628. The highest BCUT2D eigenvalue weighted by Crippen LogP contribution is 2.24.